The summed E-state index contributed by atoms with van der Waals surface area (Å²) < 4.78 is 0.387. The normalized spacial score (nSPS) is 10.2. The number of rotatable bonds is 4. The monoisotopic (exact) mass is 348 g/mol. The molecular formula is C15H13BrN2O3. The van der Waals surface area contributed by atoms with Crippen LogP contribution in [0.25, 0.3) is 0 Å². The number of hydrogen-bond acceptors (Lipinski definition) is 3. The quantitative estimate of drug-likeness (QED) is 0.862. The molecule has 0 spiro atoms. The van der Waals surface area contributed by atoms with Crippen molar-refractivity contribution in [3.63, 3.8) is 0 Å². The van der Waals surface area contributed by atoms with Crippen LogP contribution < -0.4 is 4.90 Å². The van der Waals surface area contributed by atoms with Gasteiger partial charge in [0.05, 0.1) is 5.56 Å². The molecule has 1 aromatic heterocycles. The van der Waals surface area contributed by atoms with Gasteiger partial charge in [-0.15, -0.1) is 0 Å². The van der Waals surface area contributed by atoms with Gasteiger partial charge in [0.2, 0.25) is 0 Å². The number of hydrogen-bond donors (Lipinski definition) is 1. The summed E-state index contributed by atoms with van der Waals surface area (Å²) >= 11 is 3.21. The van der Waals surface area contributed by atoms with Gasteiger partial charge in [-0.05, 0) is 47.1 Å². The number of aryl methyl sites for hydroxylation is 1. The highest BCUT2D eigenvalue weighted by atomic mass is 79.9. The molecule has 0 saturated carbocycles. The van der Waals surface area contributed by atoms with Gasteiger partial charge in [-0.1, -0.05) is 17.7 Å². The number of amides is 1. The van der Waals surface area contributed by atoms with Crippen LogP contribution in [0.5, 0.6) is 0 Å². The van der Waals surface area contributed by atoms with Crippen LogP contribution in [0.15, 0.2) is 47.2 Å². The van der Waals surface area contributed by atoms with Crippen molar-refractivity contribution in [3.05, 3.63) is 58.3 Å². The Labute approximate surface area is 130 Å². The lowest BCUT2D eigenvalue weighted by molar-refractivity contribution is -0.135. The number of halogens is 1. The Bertz CT molecular complexity index is 671. The number of nitrogens with zero attached hydrogens (tertiary/aromatic N) is 2. The number of anilines is 1. The van der Waals surface area contributed by atoms with Gasteiger partial charge in [-0.25, -0.2) is 4.98 Å². The molecule has 1 aromatic carbocycles. The van der Waals surface area contributed by atoms with Crippen LogP contribution in [0.3, 0.4) is 0 Å². The van der Waals surface area contributed by atoms with Gasteiger partial charge in [0, 0.05) is 11.9 Å². The predicted molar refractivity (Wildman–Crippen MR) is 82.4 cm³/mol. The summed E-state index contributed by atoms with van der Waals surface area (Å²) in [5, 5.41) is 9.04. The number of benzene rings is 1. The number of carbonyl (C=O) groups excluding carboxylic acids is 1. The molecule has 0 saturated heterocycles. The molecule has 5 nitrogen and oxygen atoms in total. The Morgan fingerprint density at radius 2 is 1.90 bits per heavy atom. The van der Waals surface area contributed by atoms with Crippen LogP contribution in [-0.4, -0.2) is 28.5 Å². The van der Waals surface area contributed by atoms with Crippen molar-refractivity contribution in [3.8, 4) is 0 Å². The van der Waals surface area contributed by atoms with E-state index >= 15 is 0 Å². The van der Waals surface area contributed by atoms with Crippen molar-refractivity contribution in [1.29, 1.82) is 0 Å². The predicted octanol–water partition coefficient (Wildman–Crippen LogP) is 2.88. The highest BCUT2D eigenvalue weighted by Crippen LogP contribution is 2.21. The minimum Gasteiger partial charge on any atom is -0.480 e. The van der Waals surface area contributed by atoms with E-state index in [9.17, 15) is 9.59 Å². The first-order valence-corrected chi connectivity index (χ1v) is 6.99. The van der Waals surface area contributed by atoms with Crippen molar-refractivity contribution < 1.29 is 14.7 Å². The summed E-state index contributed by atoms with van der Waals surface area (Å²) in [7, 11) is 0. The number of pyridine rings is 1. The zero-order valence-corrected chi connectivity index (χ0v) is 12.9. The van der Waals surface area contributed by atoms with Crippen molar-refractivity contribution in [1.82, 2.24) is 4.98 Å². The first-order chi connectivity index (χ1) is 9.99. The molecule has 6 heteroatoms. The maximum atomic E-state index is 12.6. The SMILES string of the molecule is Cc1ccc(N(CC(=O)O)C(=O)c2cccnc2Br)cc1. The first kappa shape index (κ1) is 15.2. The summed E-state index contributed by atoms with van der Waals surface area (Å²) in [5.74, 6) is -1.50. The second kappa shape index (κ2) is 6.49. The molecule has 0 aliphatic carbocycles. The maximum Gasteiger partial charge on any atom is 0.323 e. The first-order valence-electron chi connectivity index (χ1n) is 6.20. The van der Waals surface area contributed by atoms with E-state index in [1.165, 1.54) is 4.90 Å². The molecule has 1 heterocycles. The molecule has 2 rings (SSSR count). The van der Waals surface area contributed by atoms with Gasteiger partial charge in [-0.2, -0.15) is 0 Å². The van der Waals surface area contributed by atoms with Crippen LogP contribution in [0.2, 0.25) is 0 Å². The third-order valence-corrected chi connectivity index (χ3v) is 3.51. The van der Waals surface area contributed by atoms with Crippen molar-refractivity contribution in [2.75, 3.05) is 11.4 Å². The van der Waals surface area contributed by atoms with E-state index < -0.39 is 18.4 Å². The van der Waals surface area contributed by atoms with E-state index in [0.717, 1.165) is 5.56 Å². The summed E-state index contributed by atoms with van der Waals surface area (Å²) in [5.41, 5.74) is 1.88. The van der Waals surface area contributed by atoms with Gasteiger partial charge in [0.1, 0.15) is 11.1 Å². The van der Waals surface area contributed by atoms with E-state index in [1.807, 2.05) is 19.1 Å². The summed E-state index contributed by atoms with van der Waals surface area (Å²) in [6.45, 7) is 1.51. The highest BCUT2D eigenvalue weighted by Gasteiger charge is 2.22. The maximum absolute atomic E-state index is 12.6. The largest absolute Gasteiger partial charge is 0.480 e. The molecule has 2 aromatic rings. The minimum atomic E-state index is -1.08. The molecular weight excluding hydrogens is 336 g/mol. The molecule has 0 aliphatic rings. The molecule has 21 heavy (non-hydrogen) atoms. The number of carboxylic acid groups (broad SMARTS) is 1. The van der Waals surface area contributed by atoms with E-state index in [1.54, 1.807) is 30.5 Å². The Morgan fingerprint density at radius 1 is 1.24 bits per heavy atom. The zero-order chi connectivity index (χ0) is 15.4. The van der Waals surface area contributed by atoms with Crippen molar-refractivity contribution >= 4 is 33.5 Å². The number of carboxylic acids is 1. The summed E-state index contributed by atoms with van der Waals surface area (Å²) in [4.78, 5) is 28.8. The smallest absolute Gasteiger partial charge is 0.323 e. The fraction of sp³-hybridized carbons (Fsp3) is 0.133. The Hall–Kier alpha value is -2.21. The van der Waals surface area contributed by atoms with Crippen LogP contribution >= 0.6 is 15.9 Å². The molecule has 0 radical (unpaired) electrons. The lowest BCUT2D eigenvalue weighted by Crippen LogP contribution is -2.36. The fourth-order valence-corrected chi connectivity index (χ4v) is 2.25. The fourth-order valence-electron chi connectivity index (χ4n) is 1.83. The second-order valence-corrected chi connectivity index (χ2v) is 5.21. The van der Waals surface area contributed by atoms with E-state index in [2.05, 4.69) is 20.9 Å². The highest BCUT2D eigenvalue weighted by molar-refractivity contribution is 9.10. The summed E-state index contributed by atoms with van der Waals surface area (Å²) in [6, 6.07) is 10.3. The zero-order valence-electron chi connectivity index (χ0n) is 11.3. The van der Waals surface area contributed by atoms with Crippen molar-refractivity contribution in [2.24, 2.45) is 0 Å². The topological polar surface area (TPSA) is 70.5 Å². The Morgan fingerprint density at radius 3 is 2.48 bits per heavy atom. The molecule has 0 bridgehead atoms. The molecule has 0 unspecified atom stereocenters. The van der Waals surface area contributed by atoms with Gasteiger partial charge in [0.15, 0.2) is 0 Å². The van der Waals surface area contributed by atoms with E-state index in [4.69, 9.17) is 5.11 Å². The number of aliphatic carboxylic acids is 1. The van der Waals surface area contributed by atoms with Crippen molar-refractivity contribution in [2.45, 2.75) is 6.92 Å². The van der Waals surface area contributed by atoms with Crippen LogP contribution in [-0.2, 0) is 4.79 Å². The second-order valence-electron chi connectivity index (χ2n) is 4.46. The molecule has 108 valence electrons. The van der Waals surface area contributed by atoms with Crippen LogP contribution in [0.4, 0.5) is 5.69 Å². The van der Waals surface area contributed by atoms with Gasteiger partial charge in [-0.3, -0.25) is 14.5 Å². The average Bonchev–Trinajstić information content (AvgIpc) is 2.45. The van der Waals surface area contributed by atoms with Gasteiger partial charge >= 0.3 is 5.97 Å². The third kappa shape index (κ3) is 3.66. The van der Waals surface area contributed by atoms with E-state index in [-0.39, 0.29) is 0 Å². The summed E-state index contributed by atoms with van der Waals surface area (Å²) in [6.07, 6.45) is 1.55. The Balaban J connectivity index is 2.40. The number of aromatic nitrogens is 1. The minimum absolute atomic E-state index is 0.319. The van der Waals surface area contributed by atoms with Gasteiger partial charge in [0.25, 0.3) is 5.91 Å². The lowest BCUT2D eigenvalue weighted by Gasteiger charge is -2.21. The number of carbonyl (C=O) groups is 2. The molecule has 0 aliphatic heterocycles. The standard InChI is InChI=1S/C15H13BrN2O3/c1-10-4-6-11(7-5-10)18(9-13(19)20)15(21)12-3-2-8-17-14(12)16/h2-8H,9H2,1H3,(H,19,20). The molecule has 0 atom stereocenters. The Kier molecular flexibility index (Phi) is 4.70. The van der Waals surface area contributed by atoms with Gasteiger partial charge < -0.3 is 5.11 Å². The molecule has 0 fully saturated rings. The van der Waals surface area contributed by atoms with E-state index in [0.29, 0.717) is 15.9 Å². The molecule has 1 amide bonds. The average molecular weight is 349 g/mol. The molecule has 1 N–H and O–H groups in total. The van der Waals surface area contributed by atoms with Crippen LogP contribution in [0.1, 0.15) is 15.9 Å². The third-order valence-electron chi connectivity index (χ3n) is 2.87. The lowest BCUT2D eigenvalue weighted by atomic mass is 10.2. The van der Waals surface area contributed by atoms with Crippen LogP contribution in [0, 0.1) is 6.92 Å².